The first-order valence-corrected chi connectivity index (χ1v) is 29.0. The van der Waals surface area contributed by atoms with Gasteiger partial charge in [0.1, 0.15) is 12.2 Å². The molecule has 0 aromatic heterocycles. The van der Waals surface area contributed by atoms with Gasteiger partial charge in [0.2, 0.25) is 5.91 Å². The molecular weight excluding hydrogens is 815 g/mol. The minimum Gasteiger partial charge on any atom is -0.394 e. The molecule has 4 unspecified atom stereocenters. The zero-order chi connectivity index (χ0) is 48.1. The number of aliphatic hydroxyl groups excluding tert-OH is 4. The molecule has 0 radical (unpaired) electrons. The lowest BCUT2D eigenvalue weighted by Gasteiger charge is -2.27. The maximum Gasteiger partial charge on any atom is 0.249 e. The molecule has 6 heteroatoms. The number of carbonyl (C=O) groups excluding carboxylic acids is 1. The summed E-state index contributed by atoms with van der Waals surface area (Å²) >= 11 is 0. The van der Waals surface area contributed by atoms with Gasteiger partial charge in [-0.3, -0.25) is 4.79 Å². The van der Waals surface area contributed by atoms with Gasteiger partial charge in [0.05, 0.1) is 18.8 Å². The van der Waals surface area contributed by atoms with Crippen LogP contribution in [0, 0.1) is 0 Å². The van der Waals surface area contributed by atoms with Crippen molar-refractivity contribution < 1.29 is 25.2 Å². The second-order valence-electron chi connectivity index (χ2n) is 20.0. The van der Waals surface area contributed by atoms with Crippen molar-refractivity contribution in [3.63, 3.8) is 0 Å². The Balaban J connectivity index is 3.69. The highest BCUT2D eigenvalue weighted by Crippen LogP contribution is 2.17. The van der Waals surface area contributed by atoms with Crippen LogP contribution >= 0.6 is 0 Å². The average Bonchev–Trinajstić information content (AvgIpc) is 3.32. The largest absolute Gasteiger partial charge is 0.394 e. The van der Waals surface area contributed by atoms with E-state index in [1.54, 1.807) is 0 Å². The van der Waals surface area contributed by atoms with E-state index in [9.17, 15) is 25.2 Å². The third-order valence-electron chi connectivity index (χ3n) is 13.5. The van der Waals surface area contributed by atoms with Gasteiger partial charge in [-0.15, -0.1) is 0 Å². The first-order chi connectivity index (χ1) is 32.5. The molecule has 0 aliphatic carbocycles. The van der Waals surface area contributed by atoms with Gasteiger partial charge in [0.15, 0.2) is 0 Å². The van der Waals surface area contributed by atoms with E-state index < -0.39 is 36.9 Å². The summed E-state index contributed by atoms with van der Waals surface area (Å²) in [5.74, 6) is -0.598. The lowest BCUT2D eigenvalue weighted by atomic mass is 10.00. The number of nitrogens with one attached hydrogen (secondary N) is 1. The molecule has 0 rings (SSSR count). The Hall–Kier alpha value is -1.73. The topological polar surface area (TPSA) is 110 Å². The van der Waals surface area contributed by atoms with Gasteiger partial charge in [-0.1, -0.05) is 255 Å². The van der Waals surface area contributed by atoms with Crippen LogP contribution in [-0.4, -0.2) is 57.3 Å². The van der Waals surface area contributed by atoms with Crippen LogP contribution in [0.2, 0.25) is 0 Å². The van der Waals surface area contributed by atoms with Crippen LogP contribution in [0.1, 0.15) is 296 Å². The summed E-state index contributed by atoms with van der Waals surface area (Å²) in [7, 11) is 0. The van der Waals surface area contributed by atoms with Crippen LogP contribution in [0.4, 0.5) is 0 Å². The molecule has 4 atom stereocenters. The van der Waals surface area contributed by atoms with E-state index in [0.717, 1.165) is 51.4 Å². The minimum absolute atomic E-state index is 0.357. The number of rotatable bonds is 53. The number of hydrogen-bond donors (Lipinski definition) is 5. The van der Waals surface area contributed by atoms with Crippen LogP contribution in [0.5, 0.6) is 0 Å². The van der Waals surface area contributed by atoms with Crippen molar-refractivity contribution in [1.82, 2.24) is 5.32 Å². The Kier molecular flexibility index (Phi) is 52.8. The number of hydrogen-bond acceptors (Lipinski definition) is 5. The van der Waals surface area contributed by atoms with E-state index in [4.69, 9.17) is 0 Å². The zero-order valence-corrected chi connectivity index (χ0v) is 43.9. The molecule has 0 bridgehead atoms. The normalized spacial score (nSPS) is 14.1. The third kappa shape index (κ3) is 47.3. The van der Waals surface area contributed by atoms with E-state index in [2.05, 4.69) is 67.8 Å². The molecule has 0 aromatic carbocycles. The molecule has 0 aliphatic rings. The summed E-state index contributed by atoms with van der Waals surface area (Å²) in [4.78, 5) is 12.6. The molecule has 0 aliphatic heterocycles. The summed E-state index contributed by atoms with van der Waals surface area (Å²) in [5, 5.41) is 44.0. The monoisotopic (exact) mass is 928 g/mol. The maximum absolute atomic E-state index is 12.6. The fourth-order valence-electron chi connectivity index (χ4n) is 8.90. The van der Waals surface area contributed by atoms with Crippen molar-refractivity contribution in [3.8, 4) is 0 Å². The van der Waals surface area contributed by atoms with Gasteiger partial charge in [-0.25, -0.2) is 0 Å². The Bertz CT molecular complexity index is 1090. The molecule has 0 spiro atoms. The maximum atomic E-state index is 12.6. The summed E-state index contributed by atoms with van der Waals surface area (Å²) in [6.07, 6.45) is 69.0. The summed E-state index contributed by atoms with van der Waals surface area (Å²) < 4.78 is 0. The van der Waals surface area contributed by atoms with Crippen molar-refractivity contribution in [2.75, 3.05) is 6.61 Å². The second-order valence-corrected chi connectivity index (χ2v) is 20.0. The van der Waals surface area contributed by atoms with Gasteiger partial charge >= 0.3 is 0 Å². The van der Waals surface area contributed by atoms with E-state index in [0.29, 0.717) is 19.3 Å². The van der Waals surface area contributed by atoms with Crippen molar-refractivity contribution >= 4 is 5.91 Å². The molecule has 1 amide bonds. The van der Waals surface area contributed by atoms with Crippen molar-refractivity contribution in [2.24, 2.45) is 0 Å². The molecule has 388 valence electrons. The number of amides is 1. The number of unbranched alkanes of at least 4 members (excludes halogenated alkanes) is 36. The third-order valence-corrected chi connectivity index (χ3v) is 13.5. The lowest BCUT2D eigenvalue weighted by Crippen LogP contribution is -2.53. The van der Waals surface area contributed by atoms with E-state index in [1.807, 2.05) is 0 Å². The van der Waals surface area contributed by atoms with E-state index >= 15 is 0 Å². The van der Waals surface area contributed by atoms with Gasteiger partial charge in [0.25, 0.3) is 0 Å². The van der Waals surface area contributed by atoms with E-state index in [1.165, 1.54) is 212 Å². The fraction of sp³-hybridized carbons (Fsp3) is 0.850. The molecule has 0 saturated heterocycles. The average molecular weight is 929 g/mol. The Morgan fingerprint density at radius 3 is 0.955 bits per heavy atom. The molecule has 0 aromatic rings. The molecule has 66 heavy (non-hydrogen) atoms. The Labute approximate surface area is 410 Å². The van der Waals surface area contributed by atoms with Gasteiger partial charge < -0.3 is 25.7 Å². The molecule has 0 saturated carbocycles. The highest BCUT2D eigenvalue weighted by molar-refractivity contribution is 5.80. The van der Waals surface area contributed by atoms with Crippen molar-refractivity contribution in [2.45, 2.75) is 321 Å². The van der Waals surface area contributed by atoms with Crippen LogP contribution in [0.15, 0.2) is 48.6 Å². The predicted molar refractivity (Wildman–Crippen MR) is 288 cm³/mol. The standard InChI is InChI=1S/C60H113NO5/c1-3-5-7-9-11-13-15-17-19-21-23-25-27-28-29-30-32-34-36-38-40-42-44-46-48-50-52-54-58(64)60(66)61-56(55-62)59(65)57(63)53-51-49-47-45-43-41-39-37-35-33-31-26-24-22-20-18-16-14-12-10-8-6-4-2/h26,28-29,31,37,39,45,47,56-59,62-65H,3-25,27,30,32-36,38,40-44,46,48-55H2,1-2H3,(H,61,66)/b29-28-,31-26+,39-37+,47-45+. The number of carbonyl (C=O) groups is 1. The SMILES string of the molecule is CCCCCCCCCCCC/C=C/CC/C=C/CC/C=C/CCCC(O)C(O)C(CO)NC(=O)C(O)CCCCCCCCCCCCC/C=C\CCCCCCCCCCCCCC. The Morgan fingerprint density at radius 2 is 0.636 bits per heavy atom. The first-order valence-electron chi connectivity index (χ1n) is 29.0. The zero-order valence-electron chi connectivity index (χ0n) is 43.9. The first kappa shape index (κ1) is 64.3. The Morgan fingerprint density at radius 1 is 0.364 bits per heavy atom. The predicted octanol–water partition coefficient (Wildman–Crippen LogP) is 17.0. The summed E-state index contributed by atoms with van der Waals surface area (Å²) in [5.41, 5.74) is 0. The van der Waals surface area contributed by atoms with Crippen LogP contribution in [-0.2, 0) is 4.79 Å². The molecular formula is C60H113NO5. The van der Waals surface area contributed by atoms with Crippen molar-refractivity contribution in [1.29, 1.82) is 0 Å². The van der Waals surface area contributed by atoms with Crippen LogP contribution < -0.4 is 5.32 Å². The van der Waals surface area contributed by atoms with Gasteiger partial charge in [-0.2, -0.15) is 0 Å². The highest BCUT2D eigenvalue weighted by Gasteiger charge is 2.28. The molecule has 6 nitrogen and oxygen atoms in total. The van der Waals surface area contributed by atoms with Gasteiger partial charge in [-0.05, 0) is 89.9 Å². The quantitative estimate of drug-likeness (QED) is 0.0308. The van der Waals surface area contributed by atoms with E-state index in [-0.39, 0.29) is 0 Å². The van der Waals surface area contributed by atoms with Crippen molar-refractivity contribution in [3.05, 3.63) is 48.6 Å². The fourth-order valence-corrected chi connectivity index (χ4v) is 8.90. The van der Waals surface area contributed by atoms with Crippen LogP contribution in [0.25, 0.3) is 0 Å². The number of allylic oxidation sites excluding steroid dienone is 8. The molecule has 5 N–H and O–H groups in total. The molecule has 0 heterocycles. The second kappa shape index (κ2) is 54.2. The summed E-state index contributed by atoms with van der Waals surface area (Å²) in [6.45, 7) is 4.06. The minimum atomic E-state index is -1.30. The lowest BCUT2D eigenvalue weighted by molar-refractivity contribution is -0.132. The molecule has 0 fully saturated rings. The number of aliphatic hydroxyl groups is 4. The smallest absolute Gasteiger partial charge is 0.249 e. The van der Waals surface area contributed by atoms with Gasteiger partial charge in [0, 0.05) is 0 Å². The highest BCUT2D eigenvalue weighted by atomic mass is 16.3. The summed E-state index contributed by atoms with van der Waals surface area (Å²) in [6, 6.07) is -1.01. The van der Waals surface area contributed by atoms with Crippen LogP contribution in [0.3, 0.4) is 0 Å².